The Kier molecular flexibility index (Phi) is 13.9. The highest BCUT2D eigenvalue weighted by Crippen LogP contribution is 2.05. The van der Waals surface area contributed by atoms with Crippen molar-refractivity contribution in [3.63, 3.8) is 0 Å². The first kappa shape index (κ1) is 31.5. The number of nitrogens with two attached hydrogens (primary N) is 3. The maximum absolute atomic E-state index is 12.8. The van der Waals surface area contributed by atoms with E-state index in [4.69, 9.17) is 22.3 Å². The monoisotopic (exact) mass is 505 g/mol. The summed E-state index contributed by atoms with van der Waals surface area (Å²) >= 11 is 0. The van der Waals surface area contributed by atoms with Gasteiger partial charge in [-0.2, -0.15) is 0 Å². The molecule has 0 saturated carbocycles. The van der Waals surface area contributed by atoms with E-state index in [0.29, 0.717) is 0 Å². The SMILES string of the molecule is CC(O)C(N)C(=O)NC(C(=O)NC(CCCN=C(N)N)C(=O)NC(CCC(=O)O)C(=O)O)C(C)O. The van der Waals surface area contributed by atoms with Crippen molar-refractivity contribution >= 4 is 35.6 Å². The highest BCUT2D eigenvalue weighted by molar-refractivity contribution is 5.94. The molecule has 0 aromatic rings. The second-order valence-electron chi connectivity index (χ2n) is 7.84. The van der Waals surface area contributed by atoms with Gasteiger partial charge < -0.3 is 53.6 Å². The number of hydrogen-bond donors (Lipinski definition) is 10. The molecule has 0 aliphatic heterocycles. The van der Waals surface area contributed by atoms with Gasteiger partial charge in [-0.1, -0.05) is 0 Å². The maximum Gasteiger partial charge on any atom is 0.326 e. The third-order valence-corrected chi connectivity index (χ3v) is 4.72. The van der Waals surface area contributed by atoms with Crippen LogP contribution < -0.4 is 33.2 Å². The minimum absolute atomic E-state index is 0.0726. The van der Waals surface area contributed by atoms with Crippen LogP contribution in [0.2, 0.25) is 0 Å². The van der Waals surface area contributed by atoms with Crippen LogP contribution in [0.25, 0.3) is 0 Å². The number of nitrogens with zero attached hydrogens (tertiary/aromatic N) is 1. The number of aliphatic hydroxyl groups is 2. The van der Waals surface area contributed by atoms with Gasteiger partial charge in [0.15, 0.2) is 5.96 Å². The van der Waals surface area contributed by atoms with E-state index in [1.54, 1.807) is 0 Å². The molecular weight excluding hydrogens is 470 g/mol. The minimum atomic E-state index is -1.57. The largest absolute Gasteiger partial charge is 0.481 e. The third-order valence-electron chi connectivity index (χ3n) is 4.72. The van der Waals surface area contributed by atoms with E-state index in [0.717, 1.165) is 0 Å². The zero-order chi connectivity index (χ0) is 27.3. The van der Waals surface area contributed by atoms with Crippen molar-refractivity contribution in [3.05, 3.63) is 0 Å². The smallest absolute Gasteiger partial charge is 0.326 e. The first-order valence-electron chi connectivity index (χ1n) is 10.7. The van der Waals surface area contributed by atoms with Gasteiger partial charge in [-0.25, -0.2) is 4.79 Å². The molecule has 16 heteroatoms. The van der Waals surface area contributed by atoms with Crippen LogP contribution in [0.3, 0.4) is 0 Å². The molecule has 0 rings (SSSR count). The highest BCUT2D eigenvalue weighted by atomic mass is 16.4. The number of aliphatic imine (C=N–C) groups is 1. The number of carboxylic acid groups (broad SMARTS) is 2. The average Bonchev–Trinajstić information content (AvgIpc) is 2.74. The predicted octanol–water partition coefficient (Wildman–Crippen LogP) is -4.47. The van der Waals surface area contributed by atoms with Crippen molar-refractivity contribution in [2.24, 2.45) is 22.2 Å². The Bertz CT molecular complexity index is 785. The fourth-order valence-electron chi connectivity index (χ4n) is 2.71. The minimum Gasteiger partial charge on any atom is -0.481 e. The van der Waals surface area contributed by atoms with Gasteiger partial charge in [0.2, 0.25) is 17.7 Å². The summed E-state index contributed by atoms with van der Waals surface area (Å²) in [5, 5.41) is 44.1. The van der Waals surface area contributed by atoms with E-state index in [1.165, 1.54) is 13.8 Å². The fourth-order valence-corrected chi connectivity index (χ4v) is 2.71. The number of carbonyl (C=O) groups is 5. The lowest BCUT2D eigenvalue weighted by atomic mass is 10.1. The zero-order valence-electron chi connectivity index (χ0n) is 19.5. The molecule has 200 valence electrons. The van der Waals surface area contributed by atoms with Gasteiger partial charge in [0.25, 0.3) is 0 Å². The van der Waals surface area contributed by atoms with Gasteiger partial charge in [0.1, 0.15) is 24.2 Å². The molecular formula is C19H35N7O9. The number of amides is 3. The standard InChI is InChI=1S/C19H35N7O9/c1-8(27)13(20)16(32)26-14(9(2)28)17(33)24-10(4-3-7-23-19(21)22)15(31)25-11(18(34)35)5-6-12(29)30/h8-11,13-14,27-28H,3-7,20H2,1-2H3,(H,24,33)(H,25,31)(H,26,32)(H,29,30)(H,34,35)(H4,21,22,23). The van der Waals surface area contributed by atoms with Crippen LogP contribution >= 0.6 is 0 Å². The lowest BCUT2D eigenvalue weighted by Gasteiger charge is -2.26. The second kappa shape index (κ2) is 15.4. The Balaban J connectivity index is 5.59. The number of hydrogen-bond acceptors (Lipinski definition) is 9. The van der Waals surface area contributed by atoms with Crippen LogP contribution in [0.5, 0.6) is 0 Å². The van der Waals surface area contributed by atoms with Gasteiger partial charge >= 0.3 is 11.9 Å². The molecule has 0 saturated heterocycles. The first-order valence-corrected chi connectivity index (χ1v) is 10.7. The maximum atomic E-state index is 12.8. The van der Waals surface area contributed by atoms with Crippen molar-refractivity contribution in [3.8, 4) is 0 Å². The number of nitrogens with one attached hydrogen (secondary N) is 3. The highest BCUT2D eigenvalue weighted by Gasteiger charge is 2.33. The first-order chi connectivity index (χ1) is 16.2. The average molecular weight is 506 g/mol. The van der Waals surface area contributed by atoms with Crippen molar-refractivity contribution in [1.29, 1.82) is 0 Å². The molecule has 6 unspecified atom stereocenters. The van der Waals surface area contributed by atoms with Crippen molar-refractivity contribution in [1.82, 2.24) is 16.0 Å². The van der Waals surface area contributed by atoms with Gasteiger partial charge in [-0.05, 0) is 33.1 Å². The molecule has 0 radical (unpaired) electrons. The topological polar surface area (TPSA) is 293 Å². The molecule has 0 bridgehead atoms. The number of rotatable bonds is 16. The molecule has 0 aliphatic rings. The van der Waals surface area contributed by atoms with E-state index in [9.17, 15) is 39.3 Å². The molecule has 0 fully saturated rings. The summed E-state index contributed by atoms with van der Waals surface area (Å²) in [6.45, 7) is 2.52. The summed E-state index contributed by atoms with van der Waals surface area (Å²) in [5.74, 6) is -5.83. The van der Waals surface area contributed by atoms with E-state index in [-0.39, 0.29) is 25.3 Å². The molecule has 0 heterocycles. The Morgan fingerprint density at radius 3 is 1.86 bits per heavy atom. The number of aliphatic hydroxyl groups excluding tert-OH is 2. The Morgan fingerprint density at radius 2 is 1.40 bits per heavy atom. The van der Waals surface area contributed by atoms with Crippen LogP contribution in [-0.4, -0.2) is 99.0 Å². The lowest BCUT2D eigenvalue weighted by Crippen LogP contribution is -2.60. The van der Waals surface area contributed by atoms with Gasteiger partial charge in [0, 0.05) is 13.0 Å². The normalized spacial score (nSPS) is 15.9. The summed E-state index contributed by atoms with van der Waals surface area (Å²) in [4.78, 5) is 63.6. The van der Waals surface area contributed by atoms with Crippen LogP contribution in [-0.2, 0) is 24.0 Å². The summed E-state index contributed by atoms with van der Waals surface area (Å²) in [6, 6.07) is -5.87. The van der Waals surface area contributed by atoms with E-state index in [1.807, 2.05) is 0 Å². The van der Waals surface area contributed by atoms with Crippen LogP contribution in [0.1, 0.15) is 39.5 Å². The van der Waals surface area contributed by atoms with Crippen LogP contribution in [0, 0.1) is 0 Å². The molecule has 0 aliphatic carbocycles. The second-order valence-corrected chi connectivity index (χ2v) is 7.84. The Morgan fingerprint density at radius 1 is 0.829 bits per heavy atom. The molecule has 3 amide bonds. The summed E-state index contributed by atoms with van der Waals surface area (Å²) < 4.78 is 0. The quantitative estimate of drug-likeness (QED) is 0.0539. The predicted molar refractivity (Wildman–Crippen MR) is 122 cm³/mol. The molecule has 0 spiro atoms. The van der Waals surface area contributed by atoms with Gasteiger partial charge in [0.05, 0.1) is 12.2 Å². The van der Waals surface area contributed by atoms with Crippen LogP contribution in [0.4, 0.5) is 0 Å². The molecule has 35 heavy (non-hydrogen) atoms. The number of guanidine groups is 1. The van der Waals surface area contributed by atoms with Crippen molar-refractivity contribution < 1.29 is 44.4 Å². The molecule has 16 nitrogen and oxygen atoms in total. The Labute approximate surface area is 201 Å². The summed E-state index contributed by atoms with van der Waals surface area (Å²) in [6.07, 6.45) is -3.53. The van der Waals surface area contributed by atoms with Crippen molar-refractivity contribution in [2.45, 2.75) is 75.9 Å². The number of carboxylic acids is 2. The zero-order valence-corrected chi connectivity index (χ0v) is 19.5. The molecule has 0 aromatic carbocycles. The fraction of sp³-hybridized carbons (Fsp3) is 0.684. The summed E-state index contributed by atoms with van der Waals surface area (Å²) in [7, 11) is 0. The van der Waals surface area contributed by atoms with Gasteiger partial charge in [-0.15, -0.1) is 0 Å². The van der Waals surface area contributed by atoms with Gasteiger partial charge in [-0.3, -0.25) is 24.2 Å². The number of aliphatic carboxylic acids is 2. The van der Waals surface area contributed by atoms with E-state index >= 15 is 0 Å². The van der Waals surface area contributed by atoms with Crippen molar-refractivity contribution in [2.75, 3.05) is 6.54 Å². The molecule has 6 atom stereocenters. The van der Waals surface area contributed by atoms with Crippen LogP contribution in [0.15, 0.2) is 4.99 Å². The third kappa shape index (κ3) is 12.5. The molecule has 13 N–H and O–H groups in total. The molecule has 0 aromatic heterocycles. The Hall–Kier alpha value is -3.50. The van der Waals surface area contributed by atoms with E-state index in [2.05, 4.69) is 20.9 Å². The van der Waals surface area contributed by atoms with E-state index < -0.39 is 78.9 Å². The number of carbonyl (C=O) groups excluding carboxylic acids is 3. The lowest BCUT2D eigenvalue weighted by molar-refractivity contribution is -0.143. The summed E-state index contributed by atoms with van der Waals surface area (Å²) in [5.41, 5.74) is 16.0.